The Kier molecular flexibility index (Phi) is 13.2. The predicted octanol–water partition coefficient (Wildman–Crippen LogP) is 5.48. The normalized spacial score (nSPS) is 13.8. The van der Waals surface area contributed by atoms with E-state index < -0.39 is 5.97 Å². The summed E-state index contributed by atoms with van der Waals surface area (Å²) in [5.41, 5.74) is 4.93. The van der Waals surface area contributed by atoms with Crippen LogP contribution in [0.25, 0.3) is 0 Å². The molecular formula is C27H35Cl3N4O2. The van der Waals surface area contributed by atoms with Gasteiger partial charge in [-0.1, -0.05) is 60.7 Å². The molecule has 4 rings (SSSR count). The highest BCUT2D eigenvalue weighted by molar-refractivity contribution is 5.95. The summed E-state index contributed by atoms with van der Waals surface area (Å²) >= 11 is 0. The van der Waals surface area contributed by atoms with Crippen molar-refractivity contribution in [3.8, 4) is 0 Å². The fourth-order valence-electron chi connectivity index (χ4n) is 4.72. The van der Waals surface area contributed by atoms with Crippen molar-refractivity contribution in [3.05, 3.63) is 94.8 Å². The summed E-state index contributed by atoms with van der Waals surface area (Å²) in [5.74, 6) is -0.941. The Morgan fingerprint density at radius 2 is 1.44 bits per heavy atom. The van der Waals surface area contributed by atoms with Crippen LogP contribution in [0, 0.1) is 13.8 Å². The van der Waals surface area contributed by atoms with Gasteiger partial charge in [0.15, 0.2) is 0 Å². The summed E-state index contributed by atoms with van der Waals surface area (Å²) < 4.78 is 0. The lowest BCUT2D eigenvalue weighted by Gasteiger charge is -2.40. The first-order valence-corrected chi connectivity index (χ1v) is 11.5. The lowest BCUT2D eigenvalue weighted by molar-refractivity contribution is 0.0696. The number of hydrogen-bond acceptors (Lipinski definition) is 5. The zero-order valence-corrected chi connectivity index (χ0v) is 23.0. The topological polar surface area (TPSA) is 68.7 Å². The smallest absolute Gasteiger partial charge is 0.339 e. The fraction of sp³-hybridized carbons (Fsp3) is 0.333. The molecule has 0 atom stereocenters. The number of nitrogens with one attached hydrogen (secondary N) is 1. The van der Waals surface area contributed by atoms with Crippen LogP contribution in [0.15, 0.2) is 66.7 Å². The maximum absolute atomic E-state index is 11.7. The first-order valence-electron chi connectivity index (χ1n) is 11.5. The van der Waals surface area contributed by atoms with Crippen molar-refractivity contribution in [3.63, 3.8) is 0 Å². The number of nitrogens with zero attached hydrogens (tertiary/aromatic N) is 3. The first kappa shape index (κ1) is 31.7. The number of hydrogen-bond donors (Lipinski definition) is 2. The number of benzene rings is 2. The van der Waals surface area contributed by atoms with E-state index in [-0.39, 0.29) is 48.8 Å². The summed E-state index contributed by atoms with van der Waals surface area (Å²) in [6, 6.07) is 23.5. The average Bonchev–Trinajstić information content (AvgIpc) is 2.81. The number of pyridine rings is 1. The van der Waals surface area contributed by atoms with Gasteiger partial charge in [0.1, 0.15) is 5.56 Å². The monoisotopic (exact) mass is 552 g/mol. The number of carboxylic acids is 1. The summed E-state index contributed by atoms with van der Waals surface area (Å²) in [5, 5.41) is 12.9. The zero-order valence-electron chi connectivity index (χ0n) is 20.6. The molecule has 1 aliphatic rings. The number of anilines is 1. The molecule has 1 fully saturated rings. The highest BCUT2D eigenvalue weighted by Gasteiger charge is 2.26. The molecule has 36 heavy (non-hydrogen) atoms. The van der Waals surface area contributed by atoms with Crippen molar-refractivity contribution in [2.75, 3.05) is 44.6 Å². The lowest BCUT2D eigenvalue weighted by Crippen LogP contribution is -2.48. The van der Waals surface area contributed by atoms with Gasteiger partial charge in [0.2, 0.25) is 0 Å². The van der Waals surface area contributed by atoms with E-state index in [9.17, 15) is 9.90 Å². The van der Waals surface area contributed by atoms with Crippen molar-refractivity contribution in [1.29, 1.82) is 0 Å². The Morgan fingerprint density at radius 1 is 0.917 bits per heavy atom. The van der Waals surface area contributed by atoms with Gasteiger partial charge in [-0.25, -0.2) is 4.79 Å². The van der Waals surface area contributed by atoms with Crippen LogP contribution >= 0.6 is 37.2 Å². The molecule has 0 saturated carbocycles. The predicted molar refractivity (Wildman–Crippen MR) is 154 cm³/mol. The van der Waals surface area contributed by atoms with E-state index in [2.05, 4.69) is 80.8 Å². The Labute approximate surface area is 232 Å². The number of carbonyl (C=O) groups is 1. The lowest BCUT2D eigenvalue weighted by atomic mass is 9.96. The van der Waals surface area contributed by atoms with Crippen LogP contribution in [0.5, 0.6) is 0 Å². The van der Waals surface area contributed by atoms with Crippen LogP contribution in [0.1, 0.15) is 38.9 Å². The van der Waals surface area contributed by atoms with E-state index >= 15 is 0 Å². The van der Waals surface area contributed by atoms with Crippen molar-refractivity contribution in [2.45, 2.75) is 19.9 Å². The standard InChI is InChI=1S/C27H32N4O2.3ClH/c1-20-19-24(25(27(32)33)21(2)29-20)28-13-14-30-15-17-31(18-16-30)26(22-9-5-3-6-10-22)23-11-7-4-8-12-23;;;/h3-12,19,26H,13-18H2,1-2H3,(H,28,29)(H,32,33);3*1H. The molecule has 1 saturated heterocycles. The molecule has 2 heterocycles. The summed E-state index contributed by atoms with van der Waals surface area (Å²) in [4.78, 5) is 21.0. The molecule has 0 unspecified atom stereocenters. The second kappa shape index (κ2) is 15.0. The van der Waals surface area contributed by atoms with E-state index in [4.69, 9.17) is 0 Å². The number of aromatic carboxylic acids is 1. The minimum atomic E-state index is -0.941. The van der Waals surface area contributed by atoms with Crippen LogP contribution in [0.3, 0.4) is 0 Å². The Balaban J connectivity index is 0.00000216. The highest BCUT2D eigenvalue weighted by atomic mass is 35.5. The molecule has 196 valence electrons. The number of aromatic nitrogens is 1. The van der Waals surface area contributed by atoms with Crippen molar-refractivity contribution < 1.29 is 9.90 Å². The fourth-order valence-corrected chi connectivity index (χ4v) is 4.72. The Hall–Kier alpha value is -2.35. The molecule has 2 aromatic carbocycles. The minimum absolute atomic E-state index is 0. The maximum Gasteiger partial charge on any atom is 0.339 e. The van der Waals surface area contributed by atoms with Crippen molar-refractivity contribution in [1.82, 2.24) is 14.8 Å². The van der Waals surface area contributed by atoms with Gasteiger partial charge in [-0.05, 0) is 31.0 Å². The van der Waals surface area contributed by atoms with E-state index in [1.54, 1.807) is 6.92 Å². The van der Waals surface area contributed by atoms with Gasteiger partial charge in [-0.15, -0.1) is 37.2 Å². The van der Waals surface area contributed by atoms with Crippen LogP contribution in [0.4, 0.5) is 5.69 Å². The second-order valence-electron chi connectivity index (χ2n) is 8.61. The van der Waals surface area contributed by atoms with Gasteiger partial charge in [0, 0.05) is 45.0 Å². The second-order valence-corrected chi connectivity index (χ2v) is 8.61. The summed E-state index contributed by atoms with van der Waals surface area (Å²) in [6.45, 7) is 9.15. The van der Waals surface area contributed by atoms with Crippen molar-refractivity contribution in [2.24, 2.45) is 0 Å². The Morgan fingerprint density at radius 3 is 1.94 bits per heavy atom. The van der Waals surface area contributed by atoms with Gasteiger partial charge in [0.25, 0.3) is 0 Å². The van der Waals surface area contributed by atoms with Gasteiger partial charge < -0.3 is 10.4 Å². The number of aryl methyl sites for hydroxylation is 2. The molecule has 3 aromatic rings. The van der Waals surface area contributed by atoms with Crippen LogP contribution in [-0.4, -0.2) is 65.1 Å². The quantitative estimate of drug-likeness (QED) is 0.385. The molecule has 0 radical (unpaired) electrons. The van der Waals surface area contributed by atoms with E-state index in [1.165, 1.54) is 11.1 Å². The SMILES string of the molecule is Cc1cc(NCCN2CCN(C(c3ccccc3)c3ccccc3)CC2)c(C(=O)O)c(C)n1.Cl.Cl.Cl. The van der Waals surface area contributed by atoms with Crippen LogP contribution in [0.2, 0.25) is 0 Å². The van der Waals surface area contributed by atoms with Gasteiger partial charge in [-0.3, -0.25) is 14.8 Å². The molecule has 0 aliphatic carbocycles. The van der Waals surface area contributed by atoms with E-state index in [1.807, 2.05) is 13.0 Å². The molecule has 0 spiro atoms. The zero-order chi connectivity index (χ0) is 23.2. The minimum Gasteiger partial charge on any atom is -0.478 e. The van der Waals surface area contributed by atoms with Crippen molar-refractivity contribution >= 4 is 48.9 Å². The third-order valence-corrected chi connectivity index (χ3v) is 6.29. The summed E-state index contributed by atoms with van der Waals surface area (Å²) in [7, 11) is 0. The molecule has 1 aromatic heterocycles. The number of piperazine rings is 1. The molecule has 6 nitrogen and oxygen atoms in total. The number of rotatable bonds is 8. The largest absolute Gasteiger partial charge is 0.478 e. The number of carboxylic acid groups (broad SMARTS) is 1. The van der Waals surface area contributed by atoms with Gasteiger partial charge in [0.05, 0.1) is 17.4 Å². The molecule has 0 bridgehead atoms. The van der Waals surface area contributed by atoms with Crippen LogP contribution in [-0.2, 0) is 0 Å². The average molecular weight is 554 g/mol. The molecule has 1 aliphatic heterocycles. The molecule has 9 heteroatoms. The summed E-state index contributed by atoms with van der Waals surface area (Å²) in [6.07, 6.45) is 0. The molecular weight excluding hydrogens is 519 g/mol. The molecule has 0 amide bonds. The van der Waals surface area contributed by atoms with Crippen LogP contribution < -0.4 is 5.32 Å². The maximum atomic E-state index is 11.7. The third kappa shape index (κ3) is 7.82. The number of halogens is 3. The van der Waals surface area contributed by atoms with E-state index in [0.717, 1.165) is 38.4 Å². The third-order valence-electron chi connectivity index (χ3n) is 6.29. The van der Waals surface area contributed by atoms with Gasteiger partial charge in [-0.2, -0.15) is 0 Å². The van der Waals surface area contributed by atoms with E-state index in [0.29, 0.717) is 17.9 Å². The Bertz CT molecular complexity index is 1040. The highest BCUT2D eigenvalue weighted by Crippen LogP contribution is 2.29. The first-order chi connectivity index (χ1) is 16.0. The molecule has 2 N–H and O–H groups in total. The van der Waals surface area contributed by atoms with Gasteiger partial charge >= 0.3 is 5.97 Å².